The third-order valence-corrected chi connectivity index (χ3v) is 2.69. The van der Waals surface area contributed by atoms with Gasteiger partial charge in [-0.25, -0.2) is 4.98 Å². The lowest BCUT2D eigenvalue weighted by Gasteiger charge is -2.12. The molecule has 7 heteroatoms. The molecule has 0 unspecified atom stereocenters. The van der Waals surface area contributed by atoms with Gasteiger partial charge in [0.05, 0.1) is 0 Å². The summed E-state index contributed by atoms with van der Waals surface area (Å²) in [5.74, 6) is 0.207. The molecule has 1 heterocycles. The Balaban J connectivity index is 2.71. The van der Waals surface area contributed by atoms with Crippen molar-refractivity contribution in [3.8, 4) is 0 Å². The van der Waals surface area contributed by atoms with E-state index >= 15 is 0 Å². The van der Waals surface area contributed by atoms with Crippen molar-refractivity contribution < 1.29 is 13.2 Å². The van der Waals surface area contributed by atoms with Gasteiger partial charge in [0.1, 0.15) is 5.82 Å². The standard InChI is InChI=1S/C13H21F3N4/c1-3-5-6-7-8-18-11-9-10(13(14,15)16)19-12(20-11)17-4-2/h9H,3-8H2,1-2H3,(H2,17,18,19,20). The van der Waals surface area contributed by atoms with E-state index in [9.17, 15) is 13.2 Å². The summed E-state index contributed by atoms with van der Waals surface area (Å²) in [6.07, 6.45) is -0.250. The first kappa shape index (κ1) is 16.5. The predicted octanol–water partition coefficient (Wildman–Crippen LogP) is 3.92. The molecule has 0 aliphatic carbocycles. The highest BCUT2D eigenvalue weighted by atomic mass is 19.4. The molecule has 0 aliphatic rings. The second kappa shape index (κ2) is 7.91. The number of hydrogen-bond donors (Lipinski definition) is 2. The van der Waals surface area contributed by atoms with Crippen molar-refractivity contribution in [3.63, 3.8) is 0 Å². The third kappa shape index (κ3) is 5.63. The Morgan fingerprint density at radius 2 is 1.80 bits per heavy atom. The molecule has 0 spiro atoms. The molecule has 0 atom stereocenters. The summed E-state index contributed by atoms with van der Waals surface area (Å²) < 4.78 is 38.2. The number of alkyl halides is 3. The number of hydrogen-bond acceptors (Lipinski definition) is 4. The molecular weight excluding hydrogens is 269 g/mol. The zero-order valence-electron chi connectivity index (χ0n) is 11.8. The van der Waals surface area contributed by atoms with Crippen LogP contribution in [-0.4, -0.2) is 23.1 Å². The van der Waals surface area contributed by atoms with Crippen LogP contribution in [0, 0.1) is 0 Å². The van der Waals surface area contributed by atoms with E-state index in [1.807, 2.05) is 0 Å². The largest absolute Gasteiger partial charge is 0.433 e. The molecule has 2 N–H and O–H groups in total. The smallest absolute Gasteiger partial charge is 0.370 e. The maximum absolute atomic E-state index is 12.7. The van der Waals surface area contributed by atoms with E-state index in [-0.39, 0.29) is 11.8 Å². The molecular formula is C13H21F3N4. The molecule has 0 saturated heterocycles. The van der Waals surface area contributed by atoms with Crippen LogP contribution in [-0.2, 0) is 6.18 Å². The highest BCUT2D eigenvalue weighted by molar-refractivity contribution is 5.43. The molecule has 0 fully saturated rings. The molecule has 0 radical (unpaired) electrons. The lowest BCUT2D eigenvalue weighted by Crippen LogP contribution is -2.14. The number of nitrogens with zero attached hydrogens (tertiary/aromatic N) is 2. The Morgan fingerprint density at radius 1 is 1.05 bits per heavy atom. The normalized spacial score (nSPS) is 11.4. The van der Waals surface area contributed by atoms with Gasteiger partial charge in [-0.05, 0) is 13.3 Å². The highest BCUT2D eigenvalue weighted by Crippen LogP contribution is 2.29. The minimum atomic E-state index is -4.47. The lowest BCUT2D eigenvalue weighted by atomic mass is 10.2. The summed E-state index contributed by atoms with van der Waals surface area (Å²) in [6.45, 7) is 4.97. The number of anilines is 2. The van der Waals surface area contributed by atoms with Gasteiger partial charge >= 0.3 is 6.18 Å². The average Bonchev–Trinajstić information content (AvgIpc) is 2.38. The van der Waals surface area contributed by atoms with Gasteiger partial charge in [-0.3, -0.25) is 0 Å². The molecule has 1 aromatic rings. The van der Waals surface area contributed by atoms with Gasteiger partial charge in [0, 0.05) is 19.2 Å². The first-order valence-corrected chi connectivity index (χ1v) is 6.91. The predicted molar refractivity (Wildman–Crippen MR) is 73.8 cm³/mol. The van der Waals surface area contributed by atoms with Gasteiger partial charge in [0.25, 0.3) is 0 Å². The van der Waals surface area contributed by atoms with Crippen molar-refractivity contribution in [1.82, 2.24) is 9.97 Å². The maximum Gasteiger partial charge on any atom is 0.433 e. The Morgan fingerprint density at radius 3 is 2.40 bits per heavy atom. The van der Waals surface area contributed by atoms with Gasteiger partial charge in [0.2, 0.25) is 5.95 Å². The van der Waals surface area contributed by atoms with Gasteiger partial charge < -0.3 is 10.6 Å². The lowest BCUT2D eigenvalue weighted by molar-refractivity contribution is -0.141. The van der Waals surface area contributed by atoms with E-state index in [0.717, 1.165) is 31.7 Å². The van der Waals surface area contributed by atoms with E-state index in [1.165, 1.54) is 0 Å². The fourth-order valence-electron chi connectivity index (χ4n) is 1.69. The number of aromatic nitrogens is 2. The van der Waals surface area contributed by atoms with Crippen LogP contribution in [0.15, 0.2) is 6.07 Å². The second-order valence-electron chi connectivity index (χ2n) is 4.48. The van der Waals surface area contributed by atoms with E-state index in [2.05, 4.69) is 27.5 Å². The van der Waals surface area contributed by atoms with Crippen molar-refractivity contribution >= 4 is 11.8 Å². The minimum absolute atomic E-state index is 0.00150. The van der Waals surface area contributed by atoms with Crippen LogP contribution in [0.25, 0.3) is 0 Å². The van der Waals surface area contributed by atoms with E-state index < -0.39 is 11.9 Å². The SMILES string of the molecule is CCCCCCNc1cc(C(F)(F)F)nc(NCC)n1. The Labute approximate surface area is 117 Å². The molecule has 0 aromatic carbocycles. The Kier molecular flexibility index (Phi) is 6.54. The third-order valence-electron chi connectivity index (χ3n) is 2.69. The summed E-state index contributed by atoms with van der Waals surface area (Å²) in [5, 5.41) is 5.63. The monoisotopic (exact) mass is 290 g/mol. The summed E-state index contributed by atoms with van der Waals surface area (Å²) in [7, 11) is 0. The van der Waals surface area contributed by atoms with E-state index in [4.69, 9.17) is 0 Å². The molecule has 4 nitrogen and oxygen atoms in total. The Hall–Kier alpha value is -1.53. The van der Waals surface area contributed by atoms with Gasteiger partial charge in [-0.1, -0.05) is 26.2 Å². The fourth-order valence-corrected chi connectivity index (χ4v) is 1.69. The van der Waals surface area contributed by atoms with Crippen LogP contribution in [0.5, 0.6) is 0 Å². The fraction of sp³-hybridized carbons (Fsp3) is 0.692. The average molecular weight is 290 g/mol. The molecule has 1 aromatic heterocycles. The van der Waals surface area contributed by atoms with Crippen LogP contribution >= 0.6 is 0 Å². The number of unbranched alkanes of at least 4 members (excludes halogenated alkanes) is 3. The van der Waals surface area contributed by atoms with Crippen LogP contribution in [0.4, 0.5) is 24.9 Å². The summed E-state index contributed by atoms with van der Waals surface area (Å²) in [6, 6.07) is 0.945. The van der Waals surface area contributed by atoms with Crippen LogP contribution in [0.1, 0.15) is 45.2 Å². The summed E-state index contributed by atoms with van der Waals surface area (Å²) in [5.41, 5.74) is -0.931. The van der Waals surface area contributed by atoms with Crippen LogP contribution in [0.2, 0.25) is 0 Å². The van der Waals surface area contributed by atoms with E-state index in [1.54, 1.807) is 6.92 Å². The molecule has 1 rings (SSSR count). The first-order valence-electron chi connectivity index (χ1n) is 6.91. The van der Waals surface area contributed by atoms with E-state index in [0.29, 0.717) is 13.1 Å². The number of rotatable bonds is 8. The molecule has 20 heavy (non-hydrogen) atoms. The van der Waals surface area contributed by atoms with Crippen molar-refractivity contribution in [3.05, 3.63) is 11.8 Å². The van der Waals surface area contributed by atoms with Crippen molar-refractivity contribution in [1.29, 1.82) is 0 Å². The molecule has 0 aliphatic heterocycles. The molecule has 0 bridgehead atoms. The first-order chi connectivity index (χ1) is 9.47. The Bertz CT molecular complexity index is 407. The zero-order valence-corrected chi connectivity index (χ0v) is 11.8. The second-order valence-corrected chi connectivity index (χ2v) is 4.48. The van der Waals surface area contributed by atoms with Crippen molar-refractivity contribution in [2.75, 3.05) is 23.7 Å². The number of nitrogens with one attached hydrogen (secondary N) is 2. The topological polar surface area (TPSA) is 49.8 Å². The van der Waals surface area contributed by atoms with Crippen molar-refractivity contribution in [2.24, 2.45) is 0 Å². The van der Waals surface area contributed by atoms with Crippen molar-refractivity contribution in [2.45, 2.75) is 45.7 Å². The molecule has 0 amide bonds. The summed E-state index contributed by atoms with van der Waals surface area (Å²) >= 11 is 0. The van der Waals surface area contributed by atoms with Gasteiger partial charge in [-0.15, -0.1) is 0 Å². The molecule has 114 valence electrons. The highest BCUT2D eigenvalue weighted by Gasteiger charge is 2.33. The maximum atomic E-state index is 12.7. The minimum Gasteiger partial charge on any atom is -0.370 e. The van der Waals surface area contributed by atoms with Gasteiger partial charge in [-0.2, -0.15) is 18.2 Å². The molecule has 0 saturated carbocycles. The van der Waals surface area contributed by atoms with Gasteiger partial charge in [0.15, 0.2) is 5.69 Å². The van der Waals surface area contributed by atoms with Crippen LogP contribution in [0.3, 0.4) is 0 Å². The zero-order chi connectivity index (χ0) is 15.0. The van der Waals surface area contributed by atoms with Crippen LogP contribution < -0.4 is 10.6 Å². The summed E-state index contributed by atoms with van der Waals surface area (Å²) in [4.78, 5) is 7.49. The number of halogens is 3. The quantitative estimate of drug-likeness (QED) is 0.712.